The van der Waals surface area contributed by atoms with Crippen LogP contribution in [0, 0.1) is 6.92 Å². The van der Waals surface area contributed by atoms with Gasteiger partial charge >= 0.3 is 5.97 Å². The topological polar surface area (TPSA) is 61.8 Å². The lowest BCUT2D eigenvalue weighted by Gasteiger charge is -2.09. The van der Waals surface area contributed by atoms with Gasteiger partial charge in [0.1, 0.15) is 11.5 Å². The van der Waals surface area contributed by atoms with E-state index < -0.39 is 5.97 Å². The summed E-state index contributed by atoms with van der Waals surface area (Å²) in [4.78, 5) is 24.0. The molecule has 0 saturated carbocycles. The molecule has 0 fully saturated rings. The first-order chi connectivity index (χ1) is 12.0. The molecule has 0 aliphatic rings. The van der Waals surface area contributed by atoms with Crippen LogP contribution in [0.3, 0.4) is 0 Å². The molecule has 0 aliphatic carbocycles. The van der Waals surface area contributed by atoms with Crippen molar-refractivity contribution in [3.05, 3.63) is 65.2 Å². The van der Waals surface area contributed by atoms with E-state index in [0.717, 1.165) is 11.1 Å². The lowest BCUT2D eigenvalue weighted by Crippen LogP contribution is -2.13. The maximum atomic E-state index is 12.2. The van der Waals surface area contributed by atoms with Gasteiger partial charge < -0.3 is 14.2 Å². The van der Waals surface area contributed by atoms with Crippen LogP contribution in [0.1, 0.15) is 21.5 Å². The molecule has 0 atom stereocenters. The summed E-state index contributed by atoms with van der Waals surface area (Å²) in [6, 6.07) is 12.5. The van der Waals surface area contributed by atoms with Gasteiger partial charge in [-0.2, -0.15) is 0 Å². The van der Waals surface area contributed by atoms with Gasteiger partial charge in [-0.05, 0) is 36.3 Å². The number of Topliss-reactive ketones (excluding diaryl/α,β-unsaturated/α-hetero) is 1. The Bertz CT molecular complexity index is 792. The number of ketones is 1. The number of hydrogen-bond donors (Lipinski definition) is 0. The Morgan fingerprint density at radius 1 is 1.04 bits per heavy atom. The van der Waals surface area contributed by atoms with Crippen LogP contribution in [-0.2, 0) is 9.53 Å². The number of rotatable bonds is 7. The fraction of sp³-hybridized carbons (Fsp3) is 0.200. The third-order valence-corrected chi connectivity index (χ3v) is 3.64. The Balaban J connectivity index is 1.98. The SMILES string of the molecule is COc1ccc(C(=O)COC(=O)/C=C/c2ccccc2C)c(OC)c1. The lowest BCUT2D eigenvalue weighted by molar-refractivity contribution is -0.136. The van der Waals surface area contributed by atoms with Crippen molar-refractivity contribution >= 4 is 17.8 Å². The molecule has 0 aliphatic heterocycles. The van der Waals surface area contributed by atoms with Crippen LogP contribution < -0.4 is 9.47 Å². The smallest absolute Gasteiger partial charge is 0.331 e. The van der Waals surface area contributed by atoms with E-state index in [0.29, 0.717) is 17.1 Å². The average molecular weight is 340 g/mol. The van der Waals surface area contributed by atoms with Crippen molar-refractivity contribution in [2.45, 2.75) is 6.92 Å². The maximum absolute atomic E-state index is 12.2. The van der Waals surface area contributed by atoms with Crippen LogP contribution in [-0.4, -0.2) is 32.6 Å². The second-order valence-corrected chi connectivity index (χ2v) is 5.29. The molecular formula is C20H20O5. The van der Waals surface area contributed by atoms with E-state index in [1.54, 1.807) is 24.3 Å². The molecule has 0 bridgehead atoms. The van der Waals surface area contributed by atoms with Gasteiger partial charge in [-0.3, -0.25) is 4.79 Å². The molecule has 0 heterocycles. The lowest BCUT2D eigenvalue weighted by atomic mass is 10.1. The molecule has 5 nitrogen and oxygen atoms in total. The highest BCUT2D eigenvalue weighted by Crippen LogP contribution is 2.25. The largest absolute Gasteiger partial charge is 0.497 e. The molecule has 2 aromatic rings. The van der Waals surface area contributed by atoms with E-state index in [4.69, 9.17) is 14.2 Å². The fourth-order valence-corrected chi connectivity index (χ4v) is 2.22. The Kier molecular flexibility index (Phi) is 6.34. The molecule has 0 unspecified atom stereocenters. The summed E-state index contributed by atoms with van der Waals surface area (Å²) in [5, 5.41) is 0. The highest BCUT2D eigenvalue weighted by atomic mass is 16.5. The van der Waals surface area contributed by atoms with Crippen molar-refractivity contribution in [1.82, 2.24) is 0 Å². The third-order valence-electron chi connectivity index (χ3n) is 3.64. The molecule has 0 spiro atoms. The quantitative estimate of drug-likeness (QED) is 0.439. The van der Waals surface area contributed by atoms with Gasteiger partial charge in [0.15, 0.2) is 6.61 Å². The normalized spacial score (nSPS) is 10.5. The Morgan fingerprint density at radius 3 is 2.48 bits per heavy atom. The summed E-state index contributed by atoms with van der Waals surface area (Å²) in [6.45, 7) is 1.59. The zero-order valence-electron chi connectivity index (χ0n) is 14.4. The van der Waals surface area contributed by atoms with E-state index in [-0.39, 0.29) is 12.4 Å². The van der Waals surface area contributed by atoms with Gasteiger partial charge in [0.2, 0.25) is 5.78 Å². The summed E-state index contributed by atoms with van der Waals surface area (Å²) >= 11 is 0. The van der Waals surface area contributed by atoms with Gasteiger partial charge in [0, 0.05) is 12.1 Å². The molecule has 0 radical (unpaired) electrons. The molecule has 130 valence electrons. The minimum atomic E-state index is -0.580. The Hall–Kier alpha value is -3.08. The third kappa shape index (κ3) is 4.94. The number of methoxy groups -OCH3 is 2. The number of carbonyl (C=O) groups excluding carboxylic acids is 2. The molecule has 2 aromatic carbocycles. The van der Waals surface area contributed by atoms with Crippen LogP contribution in [0.25, 0.3) is 6.08 Å². The molecule has 2 rings (SSSR count). The van der Waals surface area contributed by atoms with Crippen molar-refractivity contribution in [3.63, 3.8) is 0 Å². The number of hydrogen-bond acceptors (Lipinski definition) is 5. The second-order valence-electron chi connectivity index (χ2n) is 5.29. The van der Waals surface area contributed by atoms with E-state index >= 15 is 0 Å². The molecule has 0 amide bonds. The summed E-state index contributed by atoms with van der Waals surface area (Å²) in [7, 11) is 2.99. The molecule has 0 aromatic heterocycles. The van der Waals surface area contributed by atoms with Gasteiger partial charge in [-0.25, -0.2) is 4.79 Å². The molecule has 0 N–H and O–H groups in total. The summed E-state index contributed by atoms with van der Waals surface area (Å²) < 4.78 is 15.3. The van der Waals surface area contributed by atoms with Crippen molar-refractivity contribution in [1.29, 1.82) is 0 Å². The minimum Gasteiger partial charge on any atom is -0.497 e. The van der Waals surface area contributed by atoms with E-state index in [2.05, 4.69) is 0 Å². The number of ether oxygens (including phenoxy) is 3. The molecule has 5 heteroatoms. The van der Waals surface area contributed by atoms with E-state index in [9.17, 15) is 9.59 Å². The van der Waals surface area contributed by atoms with Gasteiger partial charge in [0.25, 0.3) is 0 Å². The van der Waals surface area contributed by atoms with Crippen molar-refractivity contribution < 1.29 is 23.8 Å². The zero-order valence-corrected chi connectivity index (χ0v) is 14.4. The minimum absolute atomic E-state index is 0.332. The highest BCUT2D eigenvalue weighted by molar-refractivity contribution is 6.01. The molecule has 0 saturated heterocycles. The average Bonchev–Trinajstić information content (AvgIpc) is 2.64. The predicted octanol–water partition coefficient (Wildman–Crippen LogP) is 3.45. The monoisotopic (exact) mass is 340 g/mol. The maximum Gasteiger partial charge on any atom is 0.331 e. The van der Waals surface area contributed by atoms with Crippen molar-refractivity contribution in [2.24, 2.45) is 0 Å². The van der Waals surface area contributed by atoms with Gasteiger partial charge in [-0.15, -0.1) is 0 Å². The Labute approximate surface area is 146 Å². The molecular weight excluding hydrogens is 320 g/mol. The molecule has 25 heavy (non-hydrogen) atoms. The van der Waals surface area contributed by atoms with Crippen molar-refractivity contribution in [2.75, 3.05) is 20.8 Å². The van der Waals surface area contributed by atoms with Crippen LogP contribution in [0.15, 0.2) is 48.5 Å². The second kappa shape index (κ2) is 8.68. The van der Waals surface area contributed by atoms with Gasteiger partial charge in [0.05, 0.1) is 19.8 Å². The first-order valence-corrected chi connectivity index (χ1v) is 7.71. The highest BCUT2D eigenvalue weighted by Gasteiger charge is 2.14. The summed E-state index contributed by atoms with van der Waals surface area (Å²) in [5.41, 5.74) is 2.30. The van der Waals surface area contributed by atoms with Crippen molar-refractivity contribution in [3.8, 4) is 11.5 Å². The van der Waals surface area contributed by atoms with E-state index in [1.165, 1.54) is 20.3 Å². The van der Waals surface area contributed by atoms with Gasteiger partial charge in [-0.1, -0.05) is 24.3 Å². The number of carbonyl (C=O) groups is 2. The number of aryl methyl sites for hydroxylation is 1. The van der Waals surface area contributed by atoms with Crippen LogP contribution in [0.4, 0.5) is 0 Å². The number of esters is 1. The van der Waals surface area contributed by atoms with Crippen LogP contribution in [0.2, 0.25) is 0 Å². The summed E-state index contributed by atoms with van der Waals surface area (Å²) in [5.74, 6) is 0.0173. The first kappa shape index (κ1) is 18.3. The standard InChI is InChI=1S/C20H20O5/c1-14-6-4-5-7-15(14)8-11-20(22)25-13-18(21)17-10-9-16(23-2)12-19(17)24-3/h4-12H,13H2,1-3H3/b11-8+. The van der Waals surface area contributed by atoms with E-state index in [1.807, 2.05) is 31.2 Å². The zero-order chi connectivity index (χ0) is 18.2. The Morgan fingerprint density at radius 2 is 1.80 bits per heavy atom. The first-order valence-electron chi connectivity index (χ1n) is 7.71. The number of benzene rings is 2. The fourth-order valence-electron chi connectivity index (χ4n) is 2.22. The van der Waals surface area contributed by atoms with Crippen LogP contribution in [0.5, 0.6) is 11.5 Å². The predicted molar refractivity (Wildman–Crippen MR) is 95.0 cm³/mol. The van der Waals surface area contributed by atoms with Crippen LogP contribution >= 0.6 is 0 Å². The summed E-state index contributed by atoms with van der Waals surface area (Å²) in [6.07, 6.45) is 2.97.